The number of hydrogen-bond donors (Lipinski definition) is 1. The molecule has 0 bridgehead atoms. The third-order valence-electron chi connectivity index (χ3n) is 9.42. The van der Waals surface area contributed by atoms with Crippen molar-refractivity contribution in [2.45, 2.75) is 62.9 Å². The number of nitrogens with zero attached hydrogens (tertiary/aromatic N) is 4. The van der Waals surface area contributed by atoms with Gasteiger partial charge in [-0.05, 0) is 55.2 Å². The Labute approximate surface area is 224 Å². The summed E-state index contributed by atoms with van der Waals surface area (Å²) in [6.45, 7) is 4.69. The minimum Gasteiger partial charge on any atom is -0.480 e. The van der Waals surface area contributed by atoms with Crippen molar-refractivity contribution in [3.05, 3.63) is 66.2 Å². The normalized spacial score (nSPS) is 25.2. The molecule has 202 valence electrons. The summed E-state index contributed by atoms with van der Waals surface area (Å²) in [5, 5.41) is 10.3. The number of hydrogen-bond acceptors (Lipinski definition) is 4. The zero-order valence-electron chi connectivity index (χ0n) is 22.1. The Morgan fingerprint density at radius 1 is 1.00 bits per heavy atom. The Balaban J connectivity index is 1.15. The lowest BCUT2D eigenvalue weighted by atomic mass is 9.83. The predicted octanol–water partition coefficient (Wildman–Crippen LogP) is 5.56. The molecule has 3 fully saturated rings. The van der Waals surface area contributed by atoms with Crippen molar-refractivity contribution in [1.29, 1.82) is 0 Å². The SMILES string of the molecule is O=C(O)[C@@H](C1CCCCC1)N1C[C@H](CN2CCC(n3cnc4cc(F)ccc43)CC2)[C@@H](c2ccccc2)C1. The second-order valence-electron chi connectivity index (χ2n) is 11.7. The third-order valence-corrected chi connectivity index (χ3v) is 9.42. The van der Waals surface area contributed by atoms with E-state index in [2.05, 4.69) is 49.7 Å². The van der Waals surface area contributed by atoms with Crippen LogP contribution in [0.25, 0.3) is 11.0 Å². The van der Waals surface area contributed by atoms with Gasteiger partial charge in [0.15, 0.2) is 0 Å². The third kappa shape index (κ3) is 5.23. The number of piperidine rings is 1. The highest BCUT2D eigenvalue weighted by Crippen LogP contribution is 2.39. The lowest BCUT2D eigenvalue weighted by Gasteiger charge is -2.36. The number of aliphatic carboxylic acids is 1. The van der Waals surface area contributed by atoms with E-state index in [9.17, 15) is 14.3 Å². The lowest BCUT2D eigenvalue weighted by molar-refractivity contribution is -0.145. The summed E-state index contributed by atoms with van der Waals surface area (Å²) in [7, 11) is 0. The Kier molecular flexibility index (Phi) is 7.48. The molecule has 0 amide bonds. The van der Waals surface area contributed by atoms with Crippen LogP contribution in [-0.2, 0) is 4.79 Å². The van der Waals surface area contributed by atoms with E-state index in [1.807, 2.05) is 12.4 Å². The first-order chi connectivity index (χ1) is 18.6. The number of benzene rings is 2. The average Bonchev–Trinajstić information content (AvgIpc) is 3.54. The summed E-state index contributed by atoms with van der Waals surface area (Å²) < 4.78 is 15.8. The molecule has 2 aromatic carbocycles. The molecule has 6 rings (SSSR count). The fourth-order valence-electron chi connectivity index (χ4n) is 7.51. The molecule has 1 N–H and O–H groups in total. The van der Waals surface area contributed by atoms with E-state index in [0.717, 1.165) is 82.3 Å². The Hall–Kier alpha value is -2.77. The van der Waals surface area contributed by atoms with Crippen molar-refractivity contribution < 1.29 is 14.3 Å². The van der Waals surface area contributed by atoms with Crippen LogP contribution >= 0.6 is 0 Å². The largest absolute Gasteiger partial charge is 0.480 e. The molecule has 2 saturated heterocycles. The van der Waals surface area contributed by atoms with E-state index in [0.29, 0.717) is 17.9 Å². The number of aromatic nitrogens is 2. The highest BCUT2D eigenvalue weighted by molar-refractivity contribution is 5.75. The summed E-state index contributed by atoms with van der Waals surface area (Å²) in [5.41, 5.74) is 3.05. The second-order valence-corrected chi connectivity index (χ2v) is 11.7. The molecule has 0 radical (unpaired) electrons. The second kappa shape index (κ2) is 11.1. The van der Waals surface area contributed by atoms with Crippen LogP contribution in [-0.4, -0.2) is 69.2 Å². The minimum atomic E-state index is -0.641. The number of halogens is 1. The van der Waals surface area contributed by atoms with Crippen LogP contribution in [0, 0.1) is 17.7 Å². The molecular formula is C31H39FN4O2. The smallest absolute Gasteiger partial charge is 0.321 e. The molecule has 1 aromatic heterocycles. The molecule has 7 heteroatoms. The van der Waals surface area contributed by atoms with E-state index < -0.39 is 5.97 Å². The van der Waals surface area contributed by atoms with Crippen LogP contribution in [0.2, 0.25) is 0 Å². The maximum atomic E-state index is 13.6. The molecular weight excluding hydrogens is 479 g/mol. The highest BCUT2D eigenvalue weighted by atomic mass is 19.1. The van der Waals surface area contributed by atoms with Gasteiger partial charge in [0.05, 0.1) is 17.4 Å². The monoisotopic (exact) mass is 518 g/mol. The van der Waals surface area contributed by atoms with Gasteiger partial charge >= 0.3 is 5.97 Å². The number of rotatable bonds is 7. The molecule has 0 unspecified atom stereocenters. The van der Waals surface area contributed by atoms with Gasteiger partial charge in [-0.25, -0.2) is 9.37 Å². The molecule has 3 aromatic rings. The van der Waals surface area contributed by atoms with E-state index in [-0.39, 0.29) is 17.8 Å². The van der Waals surface area contributed by atoms with E-state index in [1.54, 1.807) is 0 Å². The van der Waals surface area contributed by atoms with Gasteiger partial charge in [-0.15, -0.1) is 0 Å². The van der Waals surface area contributed by atoms with Crippen LogP contribution in [0.15, 0.2) is 54.9 Å². The zero-order chi connectivity index (χ0) is 26.1. The zero-order valence-corrected chi connectivity index (χ0v) is 22.1. The fraction of sp³-hybridized carbons (Fsp3) is 0.548. The highest BCUT2D eigenvalue weighted by Gasteiger charge is 2.43. The van der Waals surface area contributed by atoms with E-state index in [4.69, 9.17) is 0 Å². The van der Waals surface area contributed by atoms with Gasteiger partial charge in [-0.3, -0.25) is 9.69 Å². The molecule has 3 aliphatic rings. The van der Waals surface area contributed by atoms with Gasteiger partial charge in [-0.2, -0.15) is 0 Å². The van der Waals surface area contributed by atoms with Crippen molar-refractivity contribution in [3.8, 4) is 0 Å². The summed E-state index contributed by atoms with van der Waals surface area (Å²) in [6, 6.07) is 15.6. The summed E-state index contributed by atoms with van der Waals surface area (Å²) >= 11 is 0. The Morgan fingerprint density at radius 2 is 1.76 bits per heavy atom. The quantitative estimate of drug-likeness (QED) is 0.444. The molecule has 1 saturated carbocycles. The number of imidazole rings is 1. The average molecular weight is 519 g/mol. The predicted molar refractivity (Wildman–Crippen MR) is 147 cm³/mol. The minimum absolute atomic E-state index is 0.246. The van der Waals surface area contributed by atoms with Crippen LogP contribution < -0.4 is 0 Å². The first-order valence-electron chi connectivity index (χ1n) is 14.4. The summed E-state index contributed by atoms with van der Waals surface area (Å²) in [6.07, 6.45) is 9.56. The fourth-order valence-corrected chi connectivity index (χ4v) is 7.51. The lowest BCUT2D eigenvalue weighted by Crippen LogP contribution is -2.46. The van der Waals surface area contributed by atoms with Gasteiger partial charge in [-0.1, -0.05) is 49.6 Å². The van der Waals surface area contributed by atoms with Crippen molar-refractivity contribution >= 4 is 17.0 Å². The summed E-state index contributed by atoms with van der Waals surface area (Å²) in [4.78, 5) is 21.8. The Morgan fingerprint density at radius 3 is 2.50 bits per heavy atom. The van der Waals surface area contributed by atoms with Crippen molar-refractivity contribution in [2.75, 3.05) is 32.7 Å². The number of carbonyl (C=O) groups is 1. The van der Waals surface area contributed by atoms with Crippen LogP contribution in [0.4, 0.5) is 4.39 Å². The number of carboxylic acids is 1. The molecule has 38 heavy (non-hydrogen) atoms. The Bertz CT molecular complexity index is 1230. The van der Waals surface area contributed by atoms with Crippen molar-refractivity contribution in [1.82, 2.24) is 19.4 Å². The first-order valence-corrected chi connectivity index (χ1v) is 14.4. The molecule has 1 aliphatic carbocycles. The van der Waals surface area contributed by atoms with E-state index in [1.165, 1.54) is 24.1 Å². The standard InChI is InChI=1S/C31H39FN4O2/c32-25-11-12-29-28(17-25)33-21-36(29)26-13-15-34(16-14-26)18-24-19-35(20-27(24)22-7-3-1-4-8-22)30(31(37)38)23-9-5-2-6-10-23/h1,3-4,7-8,11-12,17,21,23-24,26-27,30H,2,5-6,9-10,13-16,18-20H2,(H,37,38)/t24-,27+,30+/m0/s1. The van der Waals surface area contributed by atoms with E-state index >= 15 is 0 Å². The maximum Gasteiger partial charge on any atom is 0.321 e. The van der Waals surface area contributed by atoms with Crippen LogP contribution in [0.5, 0.6) is 0 Å². The van der Waals surface area contributed by atoms with Crippen LogP contribution in [0.3, 0.4) is 0 Å². The van der Waals surface area contributed by atoms with Gasteiger partial charge in [0.1, 0.15) is 11.9 Å². The van der Waals surface area contributed by atoms with Gasteiger partial charge < -0.3 is 14.6 Å². The number of likely N-dealkylation sites (tertiary alicyclic amines) is 2. The molecule has 3 atom stereocenters. The number of carboxylic acid groups (broad SMARTS) is 1. The van der Waals surface area contributed by atoms with Crippen LogP contribution in [0.1, 0.15) is 62.5 Å². The van der Waals surface area contributed by atoms with Gasteiger partial charge in [0, 0.05) is 50.7 Å². The topological polar surface area (TPSA) is 61.6 Å². The van der Waals surface area contributed by atoms with Gasteiger partial charge in [0.25, 0.3) is 0 Å². The molecule has 0 spiro atoms. The first kappa shape index (κ1) is 25.5. The van der Waals surface area contributed by atoms with Gasteiger partial charge in [0.2, 0.25) is 0 Å². The van der Waals surface area contributed by atoms with Crippen molar-refractivity contribution in [3.63, 3.8) is 0 Å². The molecule has 6 nitrogen and oxygen atoms in total. The van der Waals surface area contributed by atoms with Crippen molar-refractivity contribution in [2.24, 2.45) is 11.8 Å². The molecule has 2 aliphatic heterocycles. The maximum absolute atomic E-state index is 13.6. The molecule has 3 heterocycles. The number of fused-ring (bicyclic) bond motifs is 1. The summed E-state index contributed by atoms with van der Waals surface area (Å²) in [5.74, 6) is 0.149.